The van der Waals surface area contributed by atoms with Gasteiger partial charge in [0.15, 0.2) is 0 Å². The predicted octanol–water partition coefficient (Wildman–Crippen LogP) is 2.19. The Morgan fingerprint density at radius 2 is 1.83 bits per heavy atom. The fourth-order valence-corrected chi connectivity index (χ4v) is 4.04. The Hall–Kier alpha value is -1.10. The van der Waals surface area contributed by atoms with Crippen LogP contribution in [-0.4, -0.2) is 41.9 Å². The number of hydrogen-bond acceptors (Lipinski definition) is 3. The molecule has 3 N–H and O–H groups in total. The highest BCUT2D eigenvalue weighted by Crippen LogP contribution is 2.27. The van der Waals surface area contributed by atoms with Crippen molar-refractivity contribution in [2.75, 3.05) is 13.1 Å². The summed E-state index contributed by atoms with van der Waals surface area (Å²) in [6.07, 6.45) is 10.3. The number of nitrogens with two attached hydrogens (primary N) is 1. The van der Waals surface area contributed by atoms with E-state index in [4.69, 9.17) is 5.73 Å². The Morgan fingerprint density at radius 1 is 1.13 bits per heavy atom. The summed E-state index contributed by atoms with van der Waals surface area (Å²) in [5.41, 5.74) is 5.93. The first-order valence-electron chi connectivity index (χ1n) is 9.47. The average Bonchev–Trinajstić information content (AvgIpc) is 2.60. The Balaban J connectivity index is 1.96. The summed E-state index contributed by atoms with van der Waals surface area (Å²) in [5, 5.41) is 3.18. The van der Waals surface area contributed by atoms with Gasteiger partial charge in [0, 0.05) is 25.6 Å². The van der Waals surface area contributed by atoms with E-state index in [9.17, 15) is 9.59 Å². The van der Waals surface area contributed by atoms with Gasteiger partial charge in [0.05, 0.1) is 0 Å². The molecule has 1 aliphatic heterocycles. The molecule has 1 aliphatic carbocycles. The standard InChI is InChI=1S/C18H33N3O2/c1-2-8-17(22)21-12-7-6-11-16(21)18(23)20-15(13-19)14-9-4-3-5-10-14/h14-16H,2-13,19H2,1H3,(H,20,23). The van der Waals surface area contributed by atoms with Crippen LogP contribution in [0.5, 0.6) is 0 Å². The Bertz CT molecular complexity index is 394. The summed E-state index contributed by atoms with van der Waals surface area (Å²) in [6, 6.07) is -0.228. The van der Waals surface area contributed by atoms with Gasteiger partial charge in [-0.2, -0.15) is 0 Å². The van der Waals surface area contributed by atoms with Gasteiger partial charge >= 0.3 is 0 Å². The number of carbonyl (C=O) groups is 2. The van der Waals surface area contributed by atoms with Crippen molar-refractivity contribution < 1.29 is 9.59 Å². The second-order valence-corrected chi connectivity index (χ2v) is 7.10. The number of rotatable bonds is 6. The molecule has 2 aliphatic rings. The summed E-state index contributed by atoms with van der Waals surface area (Å²) in [6.45, 7) is 3.21. The summed E-state index contributed by atoms with van der Waals surface area (Å²) in [5.74, 6) is 0.630. The maximum absolute atomic E-state index is 12.8. The third kappa shape index (κ3) is 4.93. The second-order valence-electron chi connectivity index (χ2n) is 7.10. The van der Waals surface area contributed by atoms with Crippen LogP contribution in [0.3, 0.4) is 0 Å². The highest BCUT2D eigenvalue weighted by atomic mass is 16.2. The highest BCUT2D eigenvalue weighted by molar-refractivity contribution is 5.88. The molecule has 0 aromatic carbocycles. The van der Waals surface area contributed by atoms with Gasteiger partial charge in [0.1, 0.15) is 6.04 Å². The molecule has 1 saturated carbocycles. The third-order valence-electron chi connectivity index (χ3n) is 5.39. The Morgan fingerprint density at radius 3 is 2.48 bits per heavy atom. The summed E-state index contributed by atoms with van der Waals surface area (Å²) < 4.78 is 0. The predicted molar refractivity (Wildman–Crippen MR) is 91.8 cm³/mol. The number of nitrogens with one attached hydrogen (secondary N) is 1. The topological polar surface area (TPSA) is 75.4 Å². The first kappa shape index (κ1) is 18.2. The molecule has 1 saturated heterocycles. The molecule has 2 fully saturated rings. The molecule has 5 nitrogen and oxygen atoms in total. The van der Waals surface area contributed by atoms with Gasteiger partial charge in [0.2, 0.25) is 11.8 Å². The number of likely N-dealkylation sites (tertiary alicyclic amines) is 1. The highest BCUT2D eigenvalue weighted by Gasteiger charge is 2.33. The van der Waals surface area contributed by atoms with Gasteiger partial charge in [-0.1, -0.05) is 26.2 Å². The van der Waals surface area contributed by atoms with E-state index in [2.05, 4.69) is 5.32 Å². The molecule has 2 amide bonds. The molecular weight excluding hydrogens is 290 g/mol. The molecule has 23 heavy (non-hydrogen) atoms. The zero-order valence-electron chi connectivity index (χ0n) is 14.6. The van der Waals surface area contributed by atoms with Crippen LogP contribution in [0.15, 0.2) is 0 Å². The molecule has 0 radical (unpaired) electrons. The van der Waals surface area contributed by atoms with Gasteiger partial charge in [-0.25, -0.2) is 0 Å². The van der Waals surface area contributed by atoms with Crippen molar-refractivity contribution in [3.05, 3.63) is 0 Å². The largest absolute Gasteiger partial charge is 0.350 e. The van der Waals surface area contributed by atoms with Crippen molar-refractivity contribution in [3.63, 3.8) is 0 Å². The van der Waals surface area contributed by atoms with Crippen LogP contribution in [0.2, 0.25) is 0 Å². The van der Waals surface area contributed by atoms with Gasteiger partial charge < -0.3 is 16.0 Å². The molecule has 0 bridgehead atoms. The fraction of sp³-hybridized carbons (Fsp3) is 0.889. The van der Waals surface area contributed by atoms with E-state index in [0.717, 1.165) is 38.5 Å². The van der Waals surface area contributed by atoms with Crippen LogP contribution < -0.4 is 11.1 Å². The van der Waals surface area contributed by atoms with Crippen LogP contribution in [0, 0.1) is 5.92 Å². The molecule has 0 aromatic rings. The van der Waals surface area contributed by atoms with Crippen LogP contribution in [0.4, 0.5) is 0 Å². The van der Waals surface area contributed by atoms with Crippen molar-refractivity contribution in [1.29, 1.82) is 0 Å². The van der Waals surface area contributed by atoms with Crippen LogP contribution >= 0.6 is 0 Å². The van der Waals surface area contributed by atoms with Crippen LogP contribution in [0.1, 0.15) is 71.1 Å². The van der Waals surface area contributed by atoms with E-state index in [1.807, 2.05) is 6.92 Å². The fourth-order valence-electron chi connectivity index (χ4n) is 4.04. The minimum atomic E-state index is -0.291. The minimum Gasteiger partial charge on any atom is -0.350 e. The van der Waals surface area contributed by atoms with Crippen molar-refractivity contribution in [2.24, 2.45) is 11.7 Å². The molecule has 2 atom stereocenters. The monoisotopic (exact) mass is 323 g/mol. The molecule has 132 valence electrons. The van der Waals surface area contributed by atoms with Crippen molar-refractivity contribution in [2.45, 2.75) is 83.2 Å². The SMILES string of the molecule is CCCC(=O)N1CCCCC1C(=O)NC(CN)C1CCCCC1. The lowest BCUT2D eigenvalue weighted by Crippen LogP contribution is -2.56. The molecule has 2 unspecified atom stereocenters. The summed E-state index contributed by atoms with van der Waals surface area (Å²) >= 11 is 0. The van der Waals surface area contributed by atoms with E-state index in [1.165, 1.54) is 19.3 Å². The van der Waals surface area contributed by atoms with Crippen LogP contribution in [-0.2, 0) is 9.59 Å². The van der Waals surface area contributed by atoms with Crippen molar-refractivity contribution in [3.8, 4) is 0 Å². The summed E-state index contributed by atoms with van der Waals surface area (Å²) in [4.78, 5) is 26.9. The number of nitrogens with zero attached hydrogens (tertiary/aromatic N) is 1. The zero-order chi connectivity index (χ0) is 16.7. The number of amides is 2. The normalized spacial score (nSPS) is 24.3. The van der Waals surface area contributed by atoms with E-state index in [1.54, 1.807) is 4.90 Å². The maximum Gasteiger partial charge on any atom is 0.243 e. The average molecular weight is 323 g/mol. The van der Waals surface area contributed by atoms with Crippen molar-refractivity contribution in [1.82, 2.24) is 10.2 Å². The van der Waals surface area contributed by atoms with Crippen LogP contribution in [0.25, 0.3) is 0 Å². The third-order valence-corrected chi connectivity index (χ3v) is 5.39. The molecule has 1 heterocycles. The molecular formula is C18H33N3O2. The van der Waals surface area contributed by atoms with Gasteiger partial charge in [-0.05, 0) is 44.4 Å². The molecule has 0 spiro atoms. The second kappa shape index (κ2) is 9.26. The quantitative estimate of drug-likeness (QED) is 0.787. The number of hydrogen-bond donors (Lipinski definition) is 2. The van der Waals surface area contributed by atoms with Gasteiger partial charge in [-0.3, -0.25) is 9.59 Å². The van der Waals surface area contributed by atoms with E-state index >= 15 is 0 Å². The zero-order valence-corrected chi connectivity index (χ0v) is 14.6. The van der Waals surface area contributed by atoms with E-state index < -0.39 is 0 Å². The van der Waals surface area contributed by atoms with Crippen molar-refractivity contribution >= 4 is 11.8 Å². The summed E-state index contributed by atoms with van der Waals surface area (Å²) in [7, 11) is 0. The Labute approximate surface area is 140 Å². The maximum atomic E-state index is 12.8. The first-order chi connectivity index (χ1) is 11.2. The lowest BCUT2D eigenvalue weighted by Gasteiger charge is -2.37. The number of piperidine rings is 1. The number of carbonyl (C=O) groups excluding carboxylic acids is 2. The lowest BCUT2D eigenvalue weighted by molar-refractivity contribution is -0.142. The lowest BCUT2D eigenvalue weighted by atomic mass is 9.83. The van der Waals surface area contributed by atoms with E-state index in [-0.39, 0.29) is 23.9 Å². The van der Waals surface area contributed by atoms with Gasteiger partial charge in [-0.15, -0.1) is 0 Å². The Kier molecular flexibility index (Phi) is 7.34. The molecule has 2 rings (SSSR count). The molecule has 0 aromatic heterocycles. The van der Waals surface area contributed by atoms with E-state index in [0.29, 0.717) is 25.4 Å². The first-order valence-corrected chi connectivity index (χ1v) is 9.47. The minimum absolute atomic E-state index is 0.00942. The van der Waals surface area contributed by atoms with Gasteiger partial charge in [0.25, 0.3) is 0 Å². The molecule has 5 heteroatoms. The smallest absolute Gasteiger partial charge is 0.243 e.